The quantitative estimate of drug-likeness (QED) is 0.272. The number of nitrogens with zero attached hydrogens (tertiary/aromatic N) is 1. The second-order valence-electron chi connectivity index (χ2n) is 3.77. The van der Waals surface area contributed by atoms with Gasteiger partial charge in [-0.15, -0.1) is 12.3 Å². The molecule has 0 aliphatic heterocycles. The SMILES string of the molecule is CCOC(=O)[C@H](C[S-])[N-]CCN[C@@H](C[S-])C(=O)OCC.[O-2].[Tc+5]. The van der Waals surface area contributed by atoms with Crippen molar-refractivity contribution in [3.05, 3.63) is 5.32 Å². The molecule has 0 unspecified atom stereocenters. The van der Waals surface area contributed by atoms with Crippen molar-refractivity contribution in [1.82, 2.24) is 5.32 Å². The third-order valence-electron chi connectivity index (χ3n) is 2.31. The Hall–Kier alpha value is 0.169. The number of carbonyl (C=O) groups excluding carboxylic acids is 2. The fraction of sp³-hybridized carbons (Fsp3) is 0.833. The van der Waals surface area contributed by atoms with Crippen LogP contribution in [0.2, 0.25) is 0 Å². The molecular formula is C12H21N2O5S2Tc. The molecule has 0 radical (unpaired) electrons. The minimum atomic E-state index is -0.628. The average molecular weight is 435 g/mol. The molecule has 0 aromatic rings. The molecular weight excluding hydrogens is 414 g/mol. The summed E-state index contributed by atoms with van der Waals surface area (Å²) in [4.78, 5) is 22.9. The fourth-order valence-electron chi connectivity index (χ4n) is 1.35. The van der Waals surface area contributed by atoms with Gasteiger partial charge in [-0.1, -0.05) is 6.04 Å². The summed E-state index contributed by atoms with van der Waals surface area (Å²) in [5.41, 5.74) is 0. The van der Waals surface area contributed by atoms with Crippen LogP contribution in [0.15, 0.2) is 0 Å². The summed E-state index contributed by atoms with van der Waals surface area (Å²) in [6, 6.07) is -1.15. The van der Waals surface area contributed by atoms with Crippen LogP contribution in [-0.2, 0) is 69.9 Å². The van der Waals surface area contributed by atoms with Gasteiger partial charge >= 0.3 is 26.1 Å². The van der Waals surface area contributed by atoms with Crippen LogP contribution in [0.5, 0.6) is 0 Å². The number of esters is 2. The zero-order valence-electron chi connectivity index (χ0n) is 12.6. The fourth-order valence-corrected chi connectivity index (χ4v) is 1.84. The average Bonchev–Trinajstić information content (AvgIpc) is 2.43. The number of hydrogen-bond acceptors (Lipinski definition) is 7. The molecule has 0 amide bonds. The molecule has 128 valence electrons. The van der Waals surface area contributed by atoms with Crippen LogP contribution in [0, 0.1) is 0 Å². The van der Waals surface area contributed by atoms with E-state index < -0.39 is 18.1 Å². The van der Waals surface area contributed by atoms with Crippen molar-refractivity contribution in [2.45, 2.75) is 25.9 Å². The Kier molecular flexibility index (Phi) is 21.5. The van der Waals surface area contributed by atoms with Crippen molar-refractivity contribution in [1.29, 1.82) is 0 Å². The molecule has 0 fully saturated rings. The van der Waals surface area contributed by atoms with Crippen LogP contribution in [0.25, 0.3) is 5.32 Å². The first-order chi connectivity index (χ1) is 9.60. The smallest absolute Gasteiger partial charge is 2.00 e. The van der Waals surface area contributed by atoms with E-state index >= 15 is 0 Å². The van der Waals surface area contributed by atoms with Gasteiger partial charge in [-0.3, -0.25) is 9.59 Å². The molecule has 2 atom stereocenters. The summed E-state index contributed by atoms with van der Waals surface area (Å²) in [5, 5.41) is 7.09. The van der Waals surface area contributed by atoms with Crippen LogP contribution < -0.4 is 5.32 Å². The van der Waals surface area contributed by atoms with Crippen molar-refractivity contribution >= 4 is 37.2 Å². The molecule has 0 heterocycles. The molecule has 22 heavy (non-hydrogen) atoms. The van der Waals surface area contributed by atoms with Gasteiger partial charge < -0.3 is 50.8 Å². The van der Waals surface area contributed by atoms with Gasteiger partial charge in [0.2, 0.25) is 0 Å². The Bertz CT molecular complexity index is 273. The van der Waals surface area contributed by atoms with Crippen molar-refractivity contribution in [3.8, 4) is 0 Å². The number of carbonyl (C=O) groups is 2. The zero-order valence-corrected chi connectivity index (χ0v) is 16.1. The van der Waals surface area contributed by atoms with Crippen LogP contribution in [0.1, 0.15) is 13.8 Å². The molecule has 0 aromatic heterocycles. The summed E-state index contributed by atoms with van der Waals surface area (Å²) >= 11 is 9.74. The van der Waals surface area contributed by atoms with E-state index in [0.717, 1.165) is 0 Å². The Balaban J connectivity index is -0.00000180. The van der Waals surface area contributed by atoms with E-state index in [4.69, 9.17) is 34.7 Å². The van der Waals surface area contributed by atoms with Gasteiger partial charge in [-0.25, -0.2) is 0 Å². The second kappa shape index (κ2) is 17.5. The Morgan fingerprint density at radius 3 is 2.09 bits per heavy atom. The summed E-state index contributed by atoms with van der Waals surface area (Å²) in [7, 11) is 0. The third kappa shape index (κ3) is 11.7. The number of ether oxygens (including phenoxy) is 2. The van der Waals surface area contributed by atoms with Gasteiger partial charge in [0.25, 0.3) is 5.97 Å². The number of hydrogen-bond donors (Lipinski definition) is 1. The molecule has 0 saturated heterocycles. The molecule has 10 heteroatoms. The third-order valence-corrected chi connectivity index (χ3v) is 2.96. The van der Waals surface area contributed by atoms with E-state index in [1.165, 1.54) is 0 Å². The van der Waals surface area contributed by atoms with Crippen molar-refractivity contribution in [2.24, 2.45) is 0 Å². The zero-order chi connectivity index (χ0) is 15.4. The van der Waals surface area contributed by atoms with Gasteiger partial charge in [0, 0.05) is 0 Å². The molecule has 0 spiro atoms. The van der Waals surface area contributed by atoms with Gasteiger partial charge in [-0.2, -0.15) is 5.75 Å². The number of nitrogens with one attached hydrogen (secondary N) is 1. The summed E-state index contributed by atoms with van der Waals surface area (Å²) in [6.45, 7) is 4.86. The minimum Gasteiger partial charge on any atom is -2.00 e. The summed E-state index contributed by atoms with van der Waals surface area (Å²) in [6.07, 6.45) is 0. The molecule has 0 saturated carbocycles. The molecule has 0 aliphatic carbocycles. The molecule has 0 rings (SSSR count). The minimum absolute atomic E-state index is 0. The molecule has 0 aromatic carbocycles. The Morgan fingerprint density at radius 2 is 1.64 bits per heavy atom. The Labute approximate surface area is 156 Å². The Morgan fingerprint density at radius 1 is 1.09 bits per heavy atom. The maximum absolute atomic E-state index is 11.5. The predicted molar refractivity (Wildman–Crippen MR) is 82.2 cm³/mol. The van der Waals surface area contributed by atoms with E-state index in [-0.39, 0.29) is 43.1 Å². The monoisotopic (exact) mass is 434 g/mol. The first-order valence-corrected chi connectivity index (χ1v) is 7.65. The number of rotatable bonds is 11. The van der Waals surface area contributed by atoms with Crippen molar-refractivity contribution < 1.29 is 44.6 Å². The van der Waals surface area contributed by atoms with Crippen LogP contribution >= 0.6 is 0 Å². The molecule has 0 bridgehead atoms. The van der Waals surface area contributed by atoms with E-state index in [0.29, 0.717) is 26.3 Å². The van der Waals surface area contributed by atoms with Crippen LogP contribution in [0.3, 0.4) is 0 Å². The summed E-state index contributed by atoms with van der Waals surface area (Å²) < 4.78 is 9.73. The van der Waals surface area contributed by atoms with Crippen molar-refractivity contribution in [3.63, 3.8) is 0 Å². The van der Waals surface area contributed by atoms with Crippen molar-refractivity contribution in [2.75, 3.05) is 37.8 Å². The van der Waals surface area contributed by atoms with Crippen LogP contribution in [-0.4, -0.2) is 61.8 Å². The second-order valence-corrected chi connectivity index (χ2v) is 4.43. The van der Waals surface area contributed by atoms with E-state index in [1.54, 1.807) is 13.8 Å². The summed E-state index contributed by atoms with van der Waals surface area (Å²) in [5.74, 6) is -0.372. The molecule has 7 nitrogen and oxygen atoms in total. The van der Waals surface area contributed by atoms with Gasteiger partial charge in [-0.05, 0) is 20.4 Å². The predicted octanol–water partition coefficient (Wildman–Crippen LogP) is -0.214. The first kappa shape index (κ1) is 27.0. The van der Waals surface area contributed by atoms with E-state index in [9.17, 15) is 9.59 Å². The largest absolute Gasteiger partial charge is 5.00 e. The maximum atomic E-state index is 11.5. The van der Waals surface area contributed by atoms with Gasteiger partial charge in [0.15, 0.2) is 0 Å². The maximum Gasteiger partial charge on any atom is 5.00 e. The van der Waals surface area contributed by atoms with Gasteiger partial charge in [0.1, 0.15) is 0 Å². The van der Waals surface area contributed by atoms with Gasteiger partial charge in [0.05, 0.1) is 19.3 Å². The topological polar surface area (TPSA) is 107 Å². The molecule has 1 N–H and O–H groups in total. The first-order valence-electron chi connectivity index (χ1n) is 6.50. The van der Waals surface area contributed by atoms with Crippen LogP contribution in [0.4, 0.5) is 0 Å². The standard InChI is InChI=1S/C12H23N2O4S2.O.Tc/c1-3-17-11(15)9(7-19)13-5-6-14-10(8-20)12(16)18-4-2;;/h9-10,13,19-20H,3-8H2,1-2H3;;/q-1;-2;+5/p-2/t9-,10-;;/m0../s1. The van der Waals surface area contributed by atoms with E-state index in [1.807, 2.05) is 0 Å². The van der Waals surface area contributed by atoms with E-state index in [2.05, 4.69) is 10.6 Å². The molecule has 0 aliphatic rings. The normalized spacial score (nSPS) is 12.4.